The Labute approximate surface area is 136 Å². The predicted molar refractivity (Wildman–Crippen MR) is 84.1 cm³/mol. The maximum atomic E-state index is 12.2. The van der Waals surface area contributed by atoms with E-state index in [9.17, 15) is 9.59 Å². The van der Waals surface area contributed by atoms with Gasteiger partial charge in [0.2, 0.25) is 5.91 Å². The van der Waals surface area contributed by atoms with Crippen molar-refractivity contribution in [3.63, 3.8) is 0 Å². The number of nitrogens with zero attached hydrogens (tertiary/aromatic N) is 4. The number of aliphatic carboxylic acids is 1. The lowest BCUT2D eigenvalue weighted by atomic mass is 10.2. The van der Waals surface area contributed by atoms with Crippen LogP contribution in [0, 0.1) is 0 Å². The maximum absolute atomic E-state index is 12.2. The fourth-order valence-electron chi connectivity index (χ4n) is 2.62. The van der Waals surface area contributed by atoms with Crippen LogP contribution in [0.25, 0.3) is 0 Å². The molecule has 0 radical (unpaired) electrons. The molecule has 1 unspecified atom stereocenters. The molecule has 124 valence electrons. The van der Waals surface area contributed by atoms with Crippen LogP contribution in [-0.4, -0.2) is 69.6 Å². The van der Waals surface area contributed by atoms with E-state index in [1.165, 1.54) is 0 Å². The minimum absolute atomic E-state index is 0. The van der Waals surface area contributed by atoms with Crippen LogP contribution in [0.5, 0.6) is 0 Å². The fourth-order valence-corrected chi connectivity index (χ4v) is 2.62. The van der Waals surface area contributed by atoms with Crippen molar-refractivity contribution in [1.82, 2.24) is 19.4 Å². The van der Waals surface area contributed by atoms with Crippen molar-refractivity contribution in [2.45, 2.75) is 31.8 Å². The van der Waals surface area contributed by atoms with E-state index in [1.807, 2.05) is 19.0 Å². The van der Waals surface area contributed by atoms with Gasteiger partial charge in [0.25, 0.3) is 0 Å². The summed E-state index contributed by atoms with van der Waals surface area (Å²) in [7, 11) is 4.06. The molecule has 1 atom stereocenters. The molecule has 0 aliphatic carbocycles. The number of amides is 1. The van der Waals surface area contributed by atoms with E-state index in [0.717, 1.165) is 19.5 Å². The number of carboxylic acid groups (broad SMARTS) is 1. The van der Waals surface area contributed by atoms with E-state index in [1.54, 1.807) is 17.0 Å². The second kappa shape index (κ2) is 8.14. The molecule has 0 aromatic carbocycles. The quantitative estimate of drug-likeness (QED) is 0.821. The van der Waals surface area contributed by atoms with Gasteiger partial charge in [0, 0.05) is 44.4 Å². The van der Waals surface area contributed by atoms with Gasteiger partial charge in [-0.2, -0.15) is 0 Å². The first-order chi connectivity index (χ1) is 9.97. The number of carbonyl (C=O) groups excluding carboxylic acids is 1. The zero-order valence-electron chi connectivity index (χ0n) is 12.9. The van der Waals surface area contributed by atoms with Crippen LogP contribution in [0.3, 0.4) is 0 Å². The number of rotatable bonds is 6. The molecule has 22 heavy (non-hydrogen) atoms. The van der Waals surface area contributed by atoms with E-state index >= 15 is 0 Å². The SMILES string of the molecule is CN(C)C1CCN(C(=O)CCc2nccn2CC(=O)O)C1.Cl. The molecule has 1 amide bonds. The molecular weight excluding hydrogens is 308 g/mol. The Kier molecular flexibility index (Phi) is 6.83. The van der Waals surface area contributed by atoms with E-state index < -0.39 is 5.97 Å². The highest BCUT2D eigenvalue weighted by Gasteiger charge is 2.27. The van der Waals surface area contributed by atoms with Gasteiger partial charge in [0.05, 0.1) is 0 Å². The predicted octanol–water partition coefficient (Wildman–Crippen LogP) is 0.485. The lowest BCUT2D eigenvalue weighted by molar-refractivity contribution is -0.137. The highest BCUT2D eigenvalue weighted by Crippen LogP contribution is 2.15. The largest absolute Gasteiger partial charge is 0.480 e. The van der Waals surface area contributed by atoms with E-state index in [-0.39, 0.29) is 24.9 Å². The van der Waals surface area contributed by atoms with Gasteiger partial charge in [0.1, 0.15) is 12.4 Å². The number of carbonyl (C=O) groups is 2. The standard InChI is InChI=1S/C14H22N4O3.ClH/c1-16(2)11-5-7-18(9-11)13(19)4-3-12-15-6-8-17(12)10-14(20)21;/h6,8,11H,3-5,7,9-10H2,1-2H3,(H,20,21);1H. The lowest BCUT2D eigenvalue weighted by Crippen LogP contribution is -2.34. The molecule has 7 nitrogen and oxygen atoms in total. The zero-order valence-corrected chi connectivity index (χ0v) is 13.8. The van der Waals surface area contributed by atoms with Crippen LogP contribution < -0.4 is 0 Å². The van der Waals surface area contributed by atoms with Crippen LogP contribution in [-0.2, 0) is 22.6 Å². The number of hydrogen-bond acceptors (Lipinski definition) is 4. The van der Waals surface area contributed by atoms with Crippen molar-refractivity contribution in [3.05, 3.63) is 18.2 Å². The second-order valence-electron chi connectivity index (χ2n) is 5.61. The lowest BCUT2D eigenvalue weighted by Gasteiger charge is -2.20. The molecule has 1 aromatic rings. The van der Waals surface area contributed by atoms with E-state index in [4.69, 9.17) is 5.11 Å². The molecule has 2 rings (SSSR count). The number of halogens is 1. The molecule has 1 aliphatic heterocycles. The molecule has 0 bridgehead atoms. The molecule has 2 heterocycles. The molecule has 8 heteroatoms. The monoisotopic (exact) mass is 330 g/mol. The third-order valence-electron chi connectivity index (χ3n) is 3.92. The normalized spacial score (nSPS) is 17.6. The van der Waals surface area contributed by atoms with Crippen molar-refractivity contribution in [1.29, 1.82) is 0 Å². The highest BCUT2D eigenvalue weighted by molar-refractivity contribution is 5.85. The number of aryl methyl sites for hydroxylation is 1. The molecule has 1 aliphatic rings. The Morgan fingerprint density at radius 1 is 1.45 bits per heavy atom. The summed E-state index contributed by atoms with van der Waals surface area (Å²) in [5.74, 6) is -0.146. The average Bonchev–Trinajstić information content (AvgIpc) is 3.04. The average molecular weight is 331 g/mol. The summed E-state index contributed by atoms with van der Waals surface area (Å²) < 4.78 is 1.57. The summed E-state index contributed by atoms with van der Waals surface area (Å²) in [5.41, 5.74) is 0. The summed E-state index contributed by atoms with van der Waals surface area (Å²) >= 11 is 0. The first-order valence-corrected chi connectivity index (χ1v) is 7.13. The van der Waals surface area contributed by atoms with Crippen molar-refractivity contribution < 1.29 is 14.7 Å². The van der Waals surface area contributed by atoms with Crippen molar-refractivity contribution in [2.24, 2.45) is 0 Å². The number of carboxylic acids is 1. The number of imidazole rings is 1. The van der Waals surface area contributed by atoms with Crippen molar-refractivity contribution in [3.8, 4) is 0 Å². The van der Waals surface area contributed by atoms with E-state index in [0.29, 0.717) is 24.7 Å². The minimum Gasteiger partial charge on any atom is -0.480 e. The van der Waals surface area contributed by atoms with Crippen LogP contribution >= 0.6 is 12.4 Å². The summed E-state index contributed by atoms with van der Waals surface area (Å²) in [6, 6.07) is 0.433. The topological polar surface area (TPSA) is 78.7 Å². The van der Waals surface area contributed by atoms with Crippen LogP contribution in [0.2, 0.25) is 0 Å². The summed E-state index contributed by atoms with van der Waals surface area (Å²) in [6.07, 6.45) is 5.05. The number of hydrogen-bond donors (Lipinski definition) is 1. The van der Waals surface area contributed by atoms with Gasteiger partial charge in [-0.3, -0.25) is 9.59 Å². The third kappa shape index (κ3) is 4.71. The smallest absolute Gasteiger partial charge is 0.323 e. The van der Waals surface area contributed by atoms with Crippen LogP contribution in [0.1, 0.15) is 18.7 Å². The van der Waals surface area contributed by atoms with Gasteiger partial charge in [-0.05, 0) is 20.5 Å². The maximum Gasteiger partial charge on any atom is 0.323 e. The van der Waals surface area contributed by atoms with Gasteiger partial charge in [-0.25, -0.2) is 4.98 Å². The molecule has 0 saturated carbocycles. The van der Waals surface area contributed by atoms with Crippen LogP contribution in [0.15, 0.2) is 12.4 Å². The molecule has 1 saturated heterocycles. The number of likely N-dealkylation sites (N-methyl/N-ethyl adjacent to an activating group) is 1. The van der Waals surface area contributed by atoms with Crippen molar-refractivity contribution >= 4 is 24.3 Å². The van der Waals surface area contributed by atoms with Gasteiger partial charge >= 0.3 is 5.97 Å². The summed E-state index contributed by atoms with van der Waals surface area (Å²) in [6.45, 7) is 1.45. The Bertz CT molecular complexity index is 518. The third-order valence-corrected chi connectivity index (χ3v) is 3.92. The van der Waals surface area contributed by atoms with E-state index in [2.05, 4.69) is 9.88 Å². The molecular formula is C14H23ClN4O3. The Hall–Kier alpha value is -1.60. The Morgan fingerprint density at radius 3 is 2.77 bits per heavy atom. The van der Waals surface area contributed by atoms with Gasteiger partial charge in [-0.1, -0.05) is 0 Å². The molecule has 1 fully saturated rings. The highest BCUT2D eigenvalue weighted by atomic mass is 35.5. The number of aromatic nitrogens is 2. The van der Waals surface area contributed by atoms with Gasteiger partial charge in [-0.15, -0.1) is 12.4 Å². The van der Waals surface area contributed by atoms with Gasteiger partial charge < -0.3 is 19.5 Å². The minimum atomic E-state index is -0.908. The van der Waals surface area contributed by atoms with Crippen molar-refractivity contribution in [2.75, 3.05) is 27.2 Å². The van der Waals surface area contributed by atoms with Crippen LogP contribution in [0.4, 0.5) is 0 Å². The Morgan fingerprint density at radius 2 is 2.18 bits per heavy atom. The fraction of sp³-hybridized carbons (Fsp3) is 0.643. The molecule has 0 spiro atoms. The first kappa shape index (κ1) is 18.4. The zero-order chi connectivity index (χ0) is 15.4. The molecule has 1 aromatic heterocycles. The van der Waals surface area contributed by atoms with Gasteiger partial charge in [0.15, 0.2) is 0 Å². The molecule has 1 N–H and O–H groups in total. The number of likely N-dealkylation sites (tertiary alicyclic amines) is 1. The summed E-state index contributed by atoms with van der Waals surface area (Å²) in [4.78, 5) is 31.1. The second-order valence-corrected chi connectivity index (χ2v) is 5.61. The first-order valence-electron chi connectivity index (χ1n) is 7.13. The Balaban J connectivity index is 0.00000242. The summed E-state index contributed by atoms with van der Waals surface area (Å²) in [5, 5.41) is 8.81.